The number of nitrogens with zero attached hydrogens (tertiary/aromatic N) is 2. The highest BCUT2D eigenvalue weighted by molar-refractivity contribution is 6.36. The molecular formula is C16H12Cl2N4O2. The van der Waals surface area contributed by atoms with E-state index in [0.29, 0.717) is 32.8 Å². The van der Waals surface area contributed by atoms with Gasteiger partial charge in [0.15, 0.2) is 0 Å². The second-order valence-electron chi connectivity index (χ2n) is 4.91. The molecule has 0 aliphatic rings. The summed E-state index contributed by atoms with van der Waals surface area (Å²) in [7, 11) is 0. The van der Waals surface area contributed by atoms with Crippen molar-refractivity contribution in [2.24, 2.45) is 5.10 Å². The zero-order valence-corrected chi connectivity index (χ0v) is 14.0. The van der Waals surface area contributed by atoms with Crippen LogP contribution in [-0.4, -0.2) is 21.8 Å². The average Bonchev–Trinajstić information content (AvgIpc) is 3.23. The molecule has 0 saturated carbocycles. The van der Waals surface area contributed by atoms with Crippen LogP contribution in [0, 0.1) is 0 Å². The maximum absolute atomic E-state index is 12.1. The van der Waals surface area contributed by atoms with Crippen molar-refractivity contribution in [3.8, 4) is 11.3 Å². The van der Waals surface area contributed by atoms with Crippen molar-refractivity contribution in [1.29, 1.82) is 0 Å². The van der Waals surface area contributed by atoms with Gasteiger partial charge in [-0.2, -0.15) is 10.2 Å². The number of aromatic amines is 1. The number of halogens is 2. The van der Waals surface area contributed by atoms with Crippen molar-refractivity contribution in [1.82, 2.24) is 15.6 Å². The van der Waals surface area contributed by atoms with Crippen LogP contribution in [-0.2, 0) is 0 Å². The molecule has 122 valence electrons. The highest BCUT2D eigenvalue weighted by Gasteiger charge is 2.13. The van der Waals surface area contributed by atoms with Crippen LogP contribution >= 0.6 is 23.2 Å². The molecule has 3 rings (SSSR count). The topological polar surface area (TPSA) is 83.3 Å². The average molecular weight is 363 g/mol. The van der Waals surface area contributed by atoms with Crippen LogP contribution in [0.3, 0.4) is 0 Å². The fourth-order valence-electron chi connectivity index (χ4n) is 2.01. The summed E-state index contributed by atoms with van der Waals surface area (Å²) in [5, 5.41) is 11.7. The van der Waals surface area contributed by atoms with Crippen LogP contribution in [0.4, 0.5) is 0 Å². The summed E-state index contributed by atoms with van der Waals surface area (Å²) in [5.41, 5.74) is 4.45. The van der Waals surface area contributed by atoms with E-state index in [9.17, 15) is 4.79 Å². The van der Waals surface area contributed by atoms with Crippen LogP contribution in [0.5, 0.6) is 0 Å². The predicted molar refractivity (Wildman–Crippen MR) is 92.4 cm³/mol. The van der Waals surface area contributed by atoms with Crippen LogP contribution in [0.15, 0.2) is 52.2 Å². The lowest BCUT2D eigenvalue weighted by Gasteiger charge is -2.00. The number of rotatable bonds is 4. The zero-order chi connectivity index (χ0) is 17.1. The molecule has 0 atom stereocenters. The van der Waals surface area contributed by atoms with Crippen molar-refractivity contribution in [3.05, 3.63) is 64.2 Å². The lowest BCUT2D eigenvalue weighted by atomic mass is 10.1. The van der Waals surface area contributed by atoms with Crippen LogP contribution in [0.25, 0.3) is 11.3 Å². The Bertz CT molecular complexity index is 901. The molecular weight excluding hydrogens is 351 g/mol. The van der Waals surface area contributed by atoms with Crippen molar-refractivity contribution in [2.75, 3.05) is 0 Å². The molecule has 1 aromatic carbocycles. The van der Waals surface area contributed by atoms with Crippen LogP contribution < -0.4 is 5.43 Å². The molecule has 0 radical (unpaired) electrons. The Hall–Kier alpha value is -2.57. The van der Waals surface area contributed by atoms with Gasteiger partial charge >= 0.3 is 0 Å². The number of hydrogen-bond donors (Lipinski definition) is 2. The summed E-state index contributed by atoms with van der Waals surface area (Å²) in [4.78, 5) is 12.1. The highest BCUT2D eigenvalue weighted by atomic mass is 35.5. The fraction of sp³-hybridized carbons (Fsp3) is 0.0625. The van der Waals surface area contributed by atoms with Gasteiger partial charge in [-0.3, -0.25) is 9.89 Å². The summed E-state index contributed by atoms with van der Waals surface area (Å²) < 4.78 is 5.19. The van der Waals surface area contributed by atoms with E-state index in [2.05, 4.69) is 20.7 Å². The molecule has 0 aliphatic carbocycles. The first-order chi connectivity index (χ1) is 11.5. The largest absolute Gasteiger partial charge is 0.463 e. The summed E-state index contributed by atoms with van der Waals surface area (Å²) in [6.45, 7) is 1.73. The number of furan rings is 1. The lowest BCUT2D eigenvalue weighted by molar-refractivity contribution is 0.0950. The van der Waals surface area contributed by atoms with E-state index in [4.69, 9.17) is 27.6 Å². The first kappa shape index (κ1) is 16.3. The smallest absolute Gasteiger partial charge is 0.289 e. The number of aromatic nitrogens is 2. The van der Waals surface area contributed by atoms with Gasteiger partial charge in [-0.05, 0) is 43.3 Å². The Morgan fingerprint density at radius 2 is 2.12 bits per heavy atom. The lowest BCUT2D eigenvalue weighted by Crippen LogP contribution is -2.19. The number of nitrogens with one attached hydrogen (secondary N) is 2. The minimum atomic E-state index is -0.426. The summed E-state index contributed by atoms with van der Waals surface area (Å²) in [6.07, 6.45) is 1.53. The van der Waals surface area contributed by atoms with E-state index in [1.807, 2.05) is 0 Å². The number of carbonyl (C=O) groups excluding carboxylic acids is 1. The third-order valence-corrected chi connectivity index (χ3v) is 3.78. The van der Waals surface area contributed by atoms with E-state index in [1.54, 1.807) is 43.3 Å². The van der Waals surface area contributed by atoms with Crippen molar-refractivity contribution in [2.45, 2.75) is 6.92 Å². The second kappa shape index (κ2) is 6.90. The molecule has 3 aromatic rings. The number of carbonyl (C=O) groups is 1. The Labute approximate surface area is 147 Å². The molecule has 6 nitrogen and oxygen atoms in total. The van der Waals surface area contributed by atoms with Crippen LogP contribution in [0.1, 0.15) is 23.2 Å². The number of benzene rings is 1. The monoisotopic (exact) mass is 362 g/mol. The molecule has 2 heterocycles. The molecule has 0 saturated heterocycles. The number of amides is 1. The van der Waals surface area contributed by atoms with Crippen molar-refractivity contribution in [3.63, 3.8) is 0 Å². The maximum atomic E-state index is 12.1. The van der Waals surface area contributed by atoms with Gasteiger partial charge in [-0.15, -0.1) is 0 Å². The first-order valence-electron chi connectivity index (χ1n) is 6.94. The summed E-state index contributed by atoms with van der Waals surface area (Å²) in [6, 6.07) is 10.1. The van der Waals surface area contributed by atoms with Crippen LogP contribution in [0.2, 0.25) is 10.0 Å². The molecule has 0 aliphatic heterocycles. The molecule has 2 N–H and O–H groups in total. The molecule has 0 spiro atoms. The Morgan fingerprint density at radius 3 is 2.83 bits per heavy atom. The van der Waals surface area contributed by atoms with Gasteiger partial charge in [0.2, 0.25) is 0 Å². The van der Waals surface area contributed by atoms with Gasteiger partial charge in [0, 0.05) is 10.6 Å². The summed E-state index contributed by atoms with van der Waals surface area (Å²) in [5.74, 6) is 0.151. The van der Waals surface area contributed by atoms with Gasteiger partial charge in [-0.25, -0.2) is 5.43 Å². The highest BCUT2D eigenvalue weighted by Crippen LogP contribution is 2.29. The molecule has 0 bridgehead atoms. The van der Waals surface area contributed by atoms with E-state index >= 15 is 0 Å². The minimum absolute atomic E-state index is 0.256. The molecule has 1 amide bonds. The van der Waals surface area contributed by atoms with E-state index in [0.717, 1.165) is 0 Å². The van der Waals surface area contributed by atoms with Gasteiger partial charge in [0.05, 0.1) is 17.0 Å². The molecule has 24 heavy (non-hydrogen) atoms. The summed E-state index contributed by atoms with van der Waals surface area (Å²) >= 11 is 12.0. The Kier molecular flexibility index (Phi) is 4.69. The Balaban J connectivity index is 1.75. The quantitative estimate of drug-likeness (QED) is 0.540. The predicted octanol–water partition coefficient (Wildman–Crippen LogP) is 4.13. The minimum Gasteiger partial charge on any atom is -0.463 e. The number of hydrazone groups is 1. The maximum Gasteiger partial charge on any atom is 0.289 e. The van der Waals surface area contributed by atoms with Gasteiger partial charge in [-0.1, -0.05) is 23.2 Å². The van der Waals surface area contributed by atoms with Gasteiger partial charge in [0.25, 0.3) is 5.91 Å². The van der Waals surface area contributed by atoms with E-state index in [-0.39, 0.29) is 5.69 Å². The normalized spacial score (nSPS) is 11.5. The standard InChI is InChI=1S/C16H12Cl2N4O2/c1-9(15-3-2-6-24-15)19-22-16(23)14-8-13(20-21-14)11-5-4-10(17)7-12(11)18/h2-8H,1H3,(H,20,21)(H,22,23)/b19-9-. The molecule has 2 aromatic heterocycles. The molecule has 0 fully saturated rings. The molecule has 0 unspecified atom stereocenters. The van der Waals surface area contributed by atoms with Gasteiger partial charge < -0.3 is 4.42 Å². The number of H-pyrrole nitrogens is 1. The first-order valence-corrected chi connectivity index (χ1v) is 7.69. The Morgan fingerprint density at radius 1 is 1.29 bits per heavy atom. The van der Waals surface area contributed by atoms with Crippen molar-refractivity contribution >= 4 is 34.8 Å². The van der Waals surface area contributed by atoms with E-state index < -0.39 is 5.91 Å². The number of hydrogen-bond acceptors (Lipinski definition) is 4. The molecule has 8 heteroatoms. The third-order valence-electron chi connectivity index (χ3n) is 3.23. The zero-order valence-electron chi connectivity index (χ0n) is 12.5. The third kappa shape index (κ3) is 3.50. The van der Waals surface area contributed by atoms with E-state index in [1.165, 1.54) is 6.26 Å². The fourth-order valence-corrected chi connectivity index (χ4v) is 2.51. The SMILES string of the molecule is C/C(=N/NC(=O)c1cc(-c2ccc(Cl)cc2Cl)n[nH]1)c1ccco1. The van der Waals surface area contributed by atoms with Crippen molar-refractivity contribution < 1.29 is 9.21 Å². The second-order valence-corrected chi connectivity index (χ2v) is 5.75. The van der Waals surface area contributed by atoms with Gasteiger partial charge in [0.1, 0.15) is 17.2 Å².